The molecule has 0 saturated heterocycles. The number of aliphatic imine (C=N–C) groups is 1. The van der Waals surface area contributed by atoms with Gasteiger partial charge < -0.3 is 15.2 Å². The number of halogens is 1. The van der Waals surface area contributed by atoms with E-state index in [2.05, 4.69) is 77.7 Å². The molecule has 0 atom stereocenters. The molecule has 6 nitrogen and oxygen atoms in total. The van der Waals surface area contributed by atoms with Gasteiger partial charge in [-0.2, -0.15) is 4.98 Å². The number of benzene rings is 1. The highest BCUT2D eigenvalue weighted by molar-refractivity contribution is 14.0. The second kappa shape index (κ2) is 11.9. The second-order valence-corrected chi connectivity index (χ2v) is 6.42. The van der Waals surface area contributed by atoms with Crippen LogP contribution in [0.1, 0.15) is 56.0 Å². The van der Waals surface area contributed by atoms with Crippen LogP contribution < -0.4 is 10.6 Å². The first-order chi connectivity index (χ1) is 12.1. The Labute approximate surface area is 173 Å². The van der Waals surface area contributed by atoms with Crippen molar-refractivity contribution in [2.24, 2.45) is 4.99 Å². The average molecular weight is 471 g/mol. The SMILES string of the molecule is CCNC(=NCc1cccc(C)c1)NCCCc1nc(C(C)C)no1.I. The Kier molecular flexibility index (Phi) is 10.2. The van der Waals surface area contributed by atoms with E-state index in [1.165, 1.54) is 11.1 Å². The lowest BCUT2D eigenvalue weighted by atomic mass is 10.1. The fourth-order valence-corrected chi connectivity index (χ4v) is 2.37. The van der Waals surface area contributed by atoms with E-state index in [0.29, 0.717) is 18.4 Å². The molecule has 0 aliphatic heterocycles. The first kappa shape index (κ1) is 22.4. The number of aryl methyl sites for hydroxylation is 2. The summed E-state index contributed by atoms with van der Waals surface area (Å²) in [6.45, 7) is 10.6. The van der Waals surface area contributed by atoms with Crippen molar-refractivity contribution in [1.29, 1.82) is 0 Å². The van der Waals surface area contributed by atoms with E-state index in [9.17, 15) is 0 Å². The van der Waals surface area contributed by atoms with Crippen molar-refractivity contribution in [3.8, 4) is 0 Å². The van der Waals surface area contributed by atoms with Gasteiger partial charge in [0.05, 0.1) is 6.54 Å². The normalized spacial score (nSPS) is 11.3. The Morgan fingerprint density at radius 1 is 1.27 bits per heavy atom. The minimum atomic E-state index is 0. The summed E-state index contributed by atoms with van der Waals surface area (Å²) in [7, 11) is 0. The van der Waals surface area contributed by atoms with Crippen molar-refractivity contribution >= 4 is 29.9 Å². The highest BCUT2D eigenvalue weighted by atomic mass is 127. The third kappa shape index (κ3) is 7.72. The molecule has 0 bridgehead atoms. The van der Waals surface area contributed by atoms with Crippen LogP contribution in [0.15, 0.2) is 33.8 Å². The zero-order chi connectivity index (χ0) is 18.1. The van der Waals surface area contributed by atoms with E-state index in [1.807, 2.05) is 0 Å². The van der Waals surface area contributed by atoms with Gasteiger partial charge in [-0.3, -0.25) is 0 Å². The lowest BCUT2D eigenvalue weighted by Crippen LogP contribution is -2.37. The standard InChI is InChI=1S/C19H29N5O.HI/c1-5-20-19(22-13-16-9-6-8-15(4)12-16)21-11-7-10-17-23-18(14(2)3)24-25-17;/h6,8-9,12,14H,5,7,10-11,13H2,1-4H3,(H2,20,21,22);1H. The molecule has 0 amide bonds. The van der Waals surface area contributed by atoms with E-state index >= 15 is 0 Å². The Balaban J connectivity index is 0.00000338. The summed E-state index contributed by atoms with van der Waals surface area (Å²) in [6, 6.07) is 8.42. The largest absolute Gasteiger partial charge is 0.357 e. The molecule has 0 fully saturated rings. The van der Waals surface area contributed by atoms with Crippen molar-refractivity contribution in [2.45, 2.75) is 53.0 Å². The summed E-state index contributed by atoms with van der Waals surface area (Å²) in [5.74, 6) is 2.60. The third-order valence-electron chi connectivity index (χ3n) is 3.71. The van der Waals surface area contributed by atoms with Crippen LogP contribution in [-0.2, 0) is 13.0 Å². The number of hydrogen-bond acceptors (Lipinski definition) is 4. The van der Waals surface area contributed by atoms with Crippen LogP contribution in [0.5, 0.6) is 0 Å². The number of rotatable bonds is 8. The van der Waals surface area contributed by atoms with Crippen LogP contribution in [0.2, 0.25) is 0 Å². The molecule has 1 aromatic carbocycles. The van der Waals surface area contributed by atoms with E-state index in [0.717, 1.165) is 37.7 Å². The monoisotopic (exact) mass is 471 g/mol. The Morgan fingerprint density at radius 3 is 2.73 bits per heavy atom. The Morgan fingerprint density at radius 2 is 2.08 bits per heavy atom. The van der Waals surface area contributed by atoms with Crippen LogP contribution in [0.3, 0.4) is 0 Å². The average Bonchev–Trinajstić information content (AvgIpc) is 3.06. The summed E-state index contributed by atoms with van der Waals surface area (Å²) in [5.41, 5.74) is 2.47. The second-order valence-electron chi connectivity index (χ2n) is 6.42. The molecule has 0 aliphatic carbocycles. The van der Waals surface area contributed by atoms with Gasteiger partial charge in [-0.05, 0) is 25.8 Å². The maximum atomic E-state index is 5.26. The molecular formula is C19H30IN5O. The zero-order valence-corrected chi connectivity index (χ0v) is 18.4. The molecule has 0 saturated carbocycles. The number of guanidine groups is 1. The fourth-order valence-electron chi connectivity index (χ4n) is 2.37. The third-order valence-corrected chi connectivity index (χ3v) is 3.71. The number of aromatic nitrogens is 2. The van der Waals surface area contributed by atoms with Crippen LogP contribution >= 0.6 is 24.0 Å². The van der Waals surface area contributed by atoms with E-state index in [4.69, 9.17) is 4.52 Å². The number of hydrogen-bond donors (Lipinski definition) is 2. The lowest BCUT2D eigenvalue weighted by molar-refractivity contribution is 0.368. The maximum Gasteiger partial charge on any atom is 0.226 e. The van der Waals surface area contributed by atoms with Crippen molar-refractivity contribution in [3.63, 3.8) is 0 Å². The first-order valence-corrected chi connectivity index (χ1v) is 8.98. The fraction of sp³-hybridized carbons (Fsp3) is 0.526. The molecule has 2 aromatic rings. The van der Waals surface area contributed by atoms with Gasteiger partial charge in [0.1, 0.15) is 0 Å². The van der Waals surface area contributed by atoms with Gasteiger partial charge >= 0.3 is 0 Å². The van der Waals surface area contributed by atoms with Gasteiger partial charge in [0.15, 0.2) is 11.8 Å². The van der Waals surface area contributed by atoms with Crippen LogP contribution in [-0.4, -0.2) is 29.2 Å². The lowest BCUT2D eigenvalue weighted by Gasteiger charge is -2.11. The summed E-state index contributed by atoms with van der Waals surface area (Å²) < 4.78 is 5.26. The first-order valence-electron chi connectivity index (χ1n) is 8.98. The minimum absolute atomic E-state index is 0. The molecule has 26 heavy (non-hydrogen) atoms. The number of nitrogens with zero attached hydrogens (tertiary/aromatic N) is 3. The molecule has 1 heterocycles. The van der Waals surface area contributed by atoms with Crippen molar-refractivity contribution in [2.75, 3.05) is 13.1 Å². The van der Waals surface area contributed by atoms with Gasteiger partial charge in [0.2, 0.25) is 5.89 Å². The summed E-state index contributed by atoms with van der Waals surface area (Å²) in [6.07, 6.45) is 1.68. The predicted molar refractivity (Wildman–Crippen MR) is 116 cm³/mol. The van der Waals surface area contributed by atoms with Crippen molar-refractivity contribution in [1.82, 2.24) is 20.8 Å². The molecule has 144 valence electrons. The highest BCUT2D eigenvalue weighted by Gasteiger charge is 2.09. The quantitative estimate of drug-likeness (QED) is 0.265. The zero-order valence-electron chi connectivity index (χ0n) is 16.1. The van der Waals surface area contributed by atoms with Crippen LogP contribution in [0.25, 0.3) is 0 Å². The van der Waals surface area contributed by atoms with Crippen molar-refractivity contribution < 1.29 is 4.52 Å². The van der Waals surface area contributed by atoms with Crippen molar-refractivity contribution in [3.05, 3.63) is 47.1 Å². The molecule has 0 aliphatic rings. The van der Waals surface area contributed by atoms with Gasteiger partial charge in [0.25, 0.3) is 0 Å². The molecule has 1 aromatic heterocycles. The molecular weight excluding hydrogens is 441 g/mol. The van der Waals surface area contributed by atoms with Gasteiger partial charge in [-0.1, -0.05) is 48.8 Å². The topological polar surface area (TPSA) is 75.3 Å². The molecule has 0 spiro atoms. The number of nitrogens with one attached hydrogen (secondary N) is 2. The van der Waals surface area contributed by atoms with Crippen LogP contribution in [0.4, 0.5) is 0 Å². The Bertz CT molecular complexity index is 684. The van der Waals surface area contributed by atoms with E-state index in [-0.39, 0.29) is 24.0 Å². The van der Waals surface area contributed by atoms with Gasteiger partial charge in [0, 0.05) is 25.4 Å². The summed E-state index contributed by atoms with van der Waals surface area (Å²) >= 11 is 0. The molecule has 0 unspecified atom stereocenters. The maximum absolute atomic E-state index is 5.26. The summed E-state index contributed by atoms with van der Waals surface area (Å²) in [5, 5.41) is 10.6. The van der Waals surface area contributed by atoms with Gasteiger partial charge in [-0.25, -0.2) is 4.99 Å². The van der Waals surface area contributed by atoms with Gasteiger partial charge in [-0.15, -0.1) is 24.0 Å². The summed E-state index contributed by atoms with van der Waals surface area (Å²) in [4.78, 5) is 9.04. The highest BCUT2D eigenvalue weighted by Crippen LogP contribution is 2.10. The Hall–Kier alpha value is -1.64. The minimum Gasteiger partial charge on any atom is -0.357 e. The molecule has 2 N–H and O–H groups in total. The van der Waals surface area contributed by atoms with E-state index in [1.54, 1.807) is 0 Å². The molecule has 7 heteroatoms. The smallest absolute Gasteiger partial charge is 0.226 e. The molecule has 2 rings (SSSR count). The van der Waals surface area contributed by atoms with E-state index < -0.39 is 0 Å². The van der Waals surface area contributed by atoms with Crippen LogP contribution in [0, 0.1) is 6.92 Å². The predicted octanol–water partition coefficient (Wildman–Crippen LogP) is 3.81. The molecule has 0 radical (unpaired) electrons.